The Hall–Kier alpha value is -2.46. The number of aromatic nitrogens is 3. The normalized spacial score (nSPS) is 20.9. The van der Waals surface area contributed by atoms with Gasteiger partial charge in [0.2, 0.25) is 11.9 Å². The molecule has 3 aliphatic rings. The van der Waals surface area contributed by atoms with E-state index in [1.165, 1.54) is 19.3 Å². The highest BCUT2D eigenvalue weighted by Gasteiger charge is 2.43. The lowest BCUT2D eigenvalue weighted by atomic mass is 9.90. The first-order valence-corrected chi connectivity index (χ1v) is 14.8. The Kier molecular flexibility index (Phi) is 7.70. The van der Waals surface area contributed by atoms with Crippen LogP contribution in [-0.2, 0) is 24.3 Å². The third-order valence-corrected chi connectivity index (χ3v) is 9.37. The molecular formula is C29H31ClIN5O2. The molecule has 9 heteroatoms. The molecule has 0 bridgehead atoms. The largest absolute Gasteiger partial charge is 0.494 e. The first kappa shape index (κ1) is 25.8. The van der Waals surface area contributed by atoms with Crippen molar-refractivity contribution in [1.29, 1.82) is 0 Å². The monoisotopic (exact) mass is 643 g/mol. The smallest absolute Gasteiger partial charge is 0.227 e. The number of amides is 1. The Morgan fingerprint density at radius 3 is 2.68 bits per heavy atom. The van der Waals surface area contributed by atoms with Crippen molar-refractivity contribution in [3.05, 3.63) is 74.3 Å². The summed E-state index contributed by atoms with van der Waals surface area (Å²) in [5, 5.41) is 0.578. The minimum atomic E-state index is 0.140. The van der Waals surface area contributed by atoms with Crippen LogP contribution in [0.3, 0.4) is 0 Å². The Labute approximate surface area is 242 Å². The van der Waals surface area contributed by atoms with Gasteiger partial charge in [-0.15, -0.1) is 0 Å². The summed E-state index contributed by atoms with van der Waals surface area (Å²) in [5.74, 6) is 4.21. The van der Waals surface area contributed by atoms with Gasteiger partial charge in [-0.1, -0.05) is 23.7 Å². The zero-order chi connectivity index (χ0) is 26.1. The quantitative estimate of drug-likeness (QED) is 0.301. The average molecular weight is 644 g/mol. The maximum absolute atomic E-state index is 12.9. The lowest BCUT2D eigenvalue weighted by molar-refractivity contribution is -0.131. The Morgan fingerprint density at radius 1 is 1.11 bits per heavy atom. The summed E-state index contributed by atoms with van der Waals surface area (Å²) < 4.78 is 7.19. The maximum atomic E-state index is 12.9. The first-order chi connectivity index (χ1) is 18.5. The predicted octanol–water partition coefficient (Wildman–Crippen LogP) is 5.54. The van der Waals surface area contributed by atoms with E-state index in [0.717, 1.165) is 76.0 Å². The van der Waals surface area contributed by atoms with Crippen LogP contribution in [0.5, 0.6) is 5.75 Å². The molecule has 1 aliphatic carbocycles. The SMILES string of the molecule is O=C(Cc1ccc(OCC[C@@H]2C[C@@H]2C2CCN(c3ncc(Cl)cn3)CC2)cc1I)N1Cc2cccnc2C1. The van der Waals surface area contributed by atoms with E-state index in [1.807, 2.05) is 23.1 Å². The van der Waals surface area contributed by atoms with Crippen molar-refractivity contribution in [2.45, 2.75) is 45.2 Å². The number of nitrogens with zero attached hydrogens (tertiary/aromatic N) is 5. The molecule has 6 rings (SSSR count). The standard InChI is InChI=1S/C29H31ClIN5O2/c30-23-15-33-29(34-16-23)35-9-5-19(6-10-35)25-12-20(25)7-11-38-24-4-3-21(26(31)14-24)13-28(37)36-17-22-2-1-8-32-27(22)18-36/h1-4,8,14-16,19-20,25H,5-7,9-13,17-18H2/t20-,25-/m1/s1. The number of carbonyl (C=O) groups excluding carboxylic acids is 1. The number of carbonyl (C=O) groups is 1. The number of pyridine rings is 1. The summed E-state index contributed by atoms with van der Waals surface area (Å²) in [6.45, 7) is 4.02. The van der Waals surface area contributed by atoms with Crippen LogP contribution in [0.25, 0.3) is 0 Å². The van der Waals surface area contributed by atoms with Crippen LogP contribution in [0.1, 0.15) is 42.5 Å². The van der Waals surface area contributed by atoms with Gasteiger partial charge in [-0.2, -0.15) is 0 Å². The van der Waals surface area contributed by atoms with E-state index in [-0.39, 0.29) is 5.91 Å². The number of halogens is 2. The highest BCUT2D eigenvalue weighted by Crippen LogP contribution is 2.49. The van der Waals surface area contributed by atoms with E-state index in [4.69, 9.17) is 16.3 Å². The van der Waals surface area contributed by atoms with Crippen LogP contribution in [0.4, 0.5) is 5.95 Å². The Morgan fingerprint density at radius 2 is 1.92 bits per heavy atom. The fourth-order valence-corrected chi connectivity index (χ4v) is 6.69. The second-order valence-corrected chi connectivity index (χ2v) is 12.2. The highest BCUT2D eigenvalue weighted by molar-refractivity contribution is 14.1. The molecule has 198 valence electrons. The van der Waals surface area contributed by atoms with Crippen molar-refractivity contribution in [2.24, 2.45) is 17.8 Å². The van der Waals surface area contributed by atoms with Gasteiger partial charge in [0.25, 0.3) is 0 Å². The van der Waals surface area contributed by atoms with Gasteiger partial charge < -0.3 is 14.5 Å². The van der Waals surface area contributed by atoms with Crippen molar-refractivity contribution in [1.82, 2.24) is 19.9 Å². The van der Waals surface area contributed by atoms with Crippen LogP contribution < -0.4 is 9.64 Å². The summed E-state index contributed by atoms with van der Waals surface area (Å²) in [4.78, 5) is 30.2. The van der Waals surface area contributed by atoms with Gasteiger partial charge in [0.05, 0.1) is 42.7 Å². The summed E-state index contributed by atoms with van der Waals surface area (Å²) in [7, 11) is 0. The van der Waals surface area contributed by atoms with Gasteiger partial charge in [-0.25, -0.2) is 9.97 Å². The molecule has 1 saturated carbocycles. The summed E-state index contributed by atoms with van der Waals surface area (Å²) >= 11 is 8.24. The second kappa shape index (κ2) is 11.3. The summed E-state index contributed by atoms with van der Waals surface area (Å²) in [6.07, 6.45) is 10.4. The number of hydrogen-bond acceptors (Lipinski definition) is 6. The molecule has 0 radical (unpaired) electrons. The van der Waals surface area contributed by atoms with Gasteiger partial charge in [0.1, 0.15) is 5.75 Å². The zero-order valence-corrected chi connectivity index (χ0v) is 24.1. The summed E-state index contributed by atoms with van der Waals surface area (Å²) in [5.41, 5.74) is 3.20. The molecule has 1 amide bonds. The van der Waals surface area contributed by atoms with E-state index in [1.54, 1.807) is 18.6 Å². The van der Waals surface area contributed by atoms with E-state index in [9.17, 15) is 4.79 Å². The number of hydrogen-bond donors (Lipinski definition) is 0. The molecule has 1 saturated heterocycles. The number of fused-ring (bicyclic) bond motifs is 1. The Bertz CT molecular complexity index is 1270. The molecule has 3 aromatic rings. The van der Waals surface area contributed by atoms with Crippen molar-refractivity contribution in [3.8, 4) is 5.75 Å². The van der Waals surface area contributed by atoms with E-state index in [2.05, 4.69) is 54.6 Å². The minimum absolute atomic E-state index is 0.140. The number of rotatable bonds is 8. The van der Waals surface area contributed by atoms with Crippen LogP contribution in [0.15, 0.2) is 48.9 Å². The topological polar surface area (TPSA) is 71.5 Å². The van der Waals surface area contributed by atoms with Gasteiger partial charge in [0.15, 0.2) is 0 Å². The lowest BCUT2D eigenvalue weighted by Crippen LogP contribution is -2.35. The molecule has 38 heavy (non-hydrogen) atoms. The number of ether oxygens (including phenoxy) is 1. The fraction of sp³-hybridized carbons (Fsp3) is 0.448. The molecular weight excluding hydrogens is 613 g/mol. The molecule has 2 aromatic heterocycles. The first-order valence-electron chi connectivity index (χ1n) is 13.4. The second-order valence-electron chi connectivity index (χ2n) is 10.6. The molecule has 0 N–H and O–H groups in total. The highest BCUT2D eigenvalue weighted by atomic mass is 127. The van der Waals surface area contributed by atoms with Gasteiger partial charge in [-0.05, 0) is 95.4 Å². The van der Waals surface area contributed by atoms with Gasteiger partial charge in [-0.3, -0.25) is 9.78 Å². The lowest BCUT2D eigenvalue weighted by Gasteiger charge is -2.32. The van der Waals surface area contributed by atoms with Crippen LogP contribution in [0.2, 0.25) is 5.02 Å². The molecule has 0 spiro atoms. The van der Waals surface area contributed by atoms with Crippen molar-refractivity contribution < 1.29 is 9.53 Å². The predicted molar refractivity (Wildman–Crippen MR) is 155 cm³/mol. The molecule has 7 nitrogen and oxygen atoms in total. The molecule has 1 aromatic carbocycles. The van der Waals surface area contributed by atoms with E-state index in [0.29, 0.717) is 24.5 Å². The van der Waals surface area contributed by atoms with Crippen molar-refractivity contribution in [3.63, 3.8) is 0 Å². The summed E-state index contributed by atoms with van der Waals surface area (Å²) in [6, 6.07) is 10.1. The molecule has 2 atom stereocenters. The number of benzene rings is 1. The maximum Gasteiger partial charge on any atom is 0.227 e. The minimum Gasteiger partial charge on any atom is -0.494 e. The third kappa shape index (κ3) is 5.91. The number of anilines is 1. The average Bonchev–Trinajstić information content (AvgIpc) is 3.57. The van der Waals surface area contributed by atoms with Crippen LogP contribution >= 0.6 is 34.2 Å². The van der Waals surface area contributed by atoms with Crippen LogP contribution in [-0.4, -0.2) is 45.5 Å². The number of piperidine rings is 1. The van der Waals surface area contributed by atoms with Crippen LogP contribution in [0, 0.1) is 21.3 Å². The fourth-order valence-electron chi connectivity index (χ4n) is 5.92. The zero-order valence-electron chi connectivity index (χ0n) is 21.2. The van der Waals surface area contributed by atoms with Crippen molar-refractivity contribution in [2.75, 3.05) is 24.6 Å². The Balaban J connectivity index is 0.922. The molecule has 2 aliphatic heterocycles. The molecule has 2 fully saturated rings. The van der Waals surface area contributed by atoms with E-state index < -0.39 is 0 Å². The molecule has 4 heterocycles. The van der Waals surface area contributed by atoms with Gasteiger partial charge >= 0.3 is 0 Å². The molecule has 0 unspecified atom stereocenters. The van der Waals surface area contributed by atoms with Gasteiger partial charge in [0, 0.05) is 29.4 Å². The van der Waals surface area contributed by atoms with E-state index >= 15 is 0 Å². The van der Waals surface area contributed by atoms with Crippen molar-refractivity contribution >= 4 is 46.0 Å². The third-order valence-electron chi connectivity index (χ3n) is 8.17.